The monoisotopic (exact) mass is 277 g/mol. The van der Waals surface area contributed by atoms with E-state index in [-0.39, 0.29) is 0 Å². The maximum absolute atomic E-state index is 11.2. The Labute approximate surface area is 117 Å². The minimum absolute atomic E-state index is 0.509. The Bertz CT molecular complexity index is 576. The molecule has 3 nitrogen and oxygen atoms in total. The average Bonchev–Trinajstić information content (AvgIpc) is 2.68. The highest BCUT2D eigenvalue weighted by atomic mass is 35.5. The first-order valence-corrected chi connectivity index (χ1v) is 6.46. The molecule has 0 saturated heterocycles. The molecule has 1 aromatic carbocycles. The number of carbonyl (C=O) groups excluding carboxylic acids is 1. The summed E-state index contributed by atoms with van der Waals surface area (Å²) >= 11 is 6.36. The summed E-state index contributed by atoms with van der Waals surface area (Å²) in [5, 5.41) is 0.509. The lowest BCUT2D eigenvalue weighted by atomic mass is 10.1. The van der Waals surface area contributed by atoms with Crippen molar-refractivity contribution in [2.45, 2.75) is 13.5 Å². The lowest BCUT2D eigenvalue weighted by Crippen LogP contribution is -2.07. The molecule has 100 valence electrons. The Morgan fingerprint density at radius 1 is 1.32 bits per heavy atom. The molecule has 0 aliphatic carbocycles. The molecule has 0 N–H and O–H groups in total. The second kappa shape index (κ2) is 6.04. The summed E-state index contributed by atoms with van der Waals surface area (Å²) in [6.07, 6.45) is 0.813. The summed E-state index contributed by atoms with van der Waals surface area (Å²) in [5.41, 5.74) is 3.30. The molecule has 0 fully saturated rings. The summed E-state index contributed by atoms with van der Waals surface area (Å²) in [6, 6.07) is 9.83. The summed E-state index contributed by atoms with van der Waals surface area (Å²) in [4.78, 5) is 11.2. The highest BCUT2D eigenvalue weighted by Crippen LogP contribution is 2.34. The number of nitrogens with zero attached hydrogens (tertiary/aromatic N) is 1. The molecule has 2 aromatic rings. The smallest absolute Gasteiger partial charge is 0.153 e. The normalized spacial score (nSPS) is 10.7. The van der Waals surface area contributed by atoms with Gasteiger partial charge in [0.15, 0.2) is 6.29 Å². The second-order valence-corrected chi connectivity index (χ2v) is 4.67. The number of methoxy groups -OCH3 is 1. The van der Waals surface area contributed by atoms with Gasteiger partial charge in [-0.2, -0.15) is 0 Å². The van der Waals surface area contributed by atoms with Gasteiger partial charge >= 0.3 is 0 Å². The van der Waals surface area contributed by atoms with Gasteiger partial charge in [-0.1, -0.05) is 41.9 Å². The molecule has 0 aliphatic rings. The molecule has 1 heterocycles. The fourth-order valence-electron chi connectivity index (χ4n) is 2.20. The molecule has 0 aliphatic heterocycles. The number of benzene rings is 1. The van der Waals surface area contributed by atoms with Crippen LogP contribution in [-0.4, -0.2) is 24.6 Å². The maximum Gasteiger partial charge on any atom is 0.153 e. The Hall–Kier alpha value is -1.58. The molecule has 0 atom stereocenters. The van der Waals surface area contributed by atoms with Crippen LogP contribution in [0.25, 0.3) is 11.3 Å². The van der Waals surface area contributed by atoms with Crippen LogP contribution in [0, 0.1) is 6.92 Å². The third-order valence-corrected chi connectivity index (χ3v) is 3.58. The molecular weight excluding hydrogens is 262 g/mol. The van der Waals surface area contributed by atoms with Crippen LogP contribution >= 0.6 is 11.6 Å². The van der Waals surface area contributed by atoms with Gasteiger partial charge in [-0.05, 0) is 12.5 Å². The van der Waals surface area contributed by atoms with Crippen LogP contribution in [0.3, 0.4) is 0 Å². The lowest BCUT2D eigenvalue weighted by molar-refractivity contribution is 0.112. The molecule has 0 saturated carbocycles. The van der Waals surface area contributed by atoms with Gasteiger partial charge in [0.1, 0.15) is 0 Å². The summed E-state index contributed by atoms with van der Waals surface area (Å²) in [7, 11) is 1.66. The Balaban J connectivity index is 2.60. The maximum atomic E-state index is 11.2. The van der Waals surface area contributed by atoms with E-state index in [0.29, 0.717) is 23.7 Å². The SMILES string of the molecule is COCCn1c(C)c(C=O)c(Cl)c1-c1ccccc1. The third-order valence-electron chi connectivity index (χ3n) is 3.19. The van der Waals surface area contributed by atoms with E-state index in [1.54, 1.807) is 7.11 Å². The van der Waals surface area contributed by atoms with Gasteiger partial charge in [0.05, 0.1) is 22.9 Å². The molecule has 0 bridgehead atoms. The van der Waals surface area contributed by atoms with Crippen LogP contribution in [0.15, 0.2) is 30.3 Å². The molecule has 0 radical (unpaired) electrons. The highest BCUT2D eigenvalue weighted by molar-refractivity contribution is 6.35. The standard InChI is InChI=1S/C15H16ClNO2/c1-11-13(10-18)14(16)15(17(11)8-9-19-2)12-6-4-3-5-7-12/h3-7,10H,8-9H2,1-2H3. The number of halogens is 1. The molecule has 0 spiro atoms. The minimum atomic E-state index is 0.509. The Morgan fingerprint density at radius 2 is 2.00 bits per heavy atom. The van der Waals surface area contributed by atoms with E-state index >= 15 is 0 Å². The van der Waals surface area contributed by atoms with E-state index in [9.17, 15) is 4.79 Å². The van der Waals surface area contributed by atoms with E-state index in [1.165, 1.54) is 0 Å². The predicted octanol–water partition coefficient (Wildman–Crippen LogP) is 3.58. The van der Waals surface area contributed by atoms with Gasteiger partial charge in [-0.3, -0.25) is 4.79 Å². The van der Waals surface area contributed by atoms with E-state index in [0.717, 1.165) is 23.2 Å². The molecule has 2 rings (SSSR count). The van der Waals surface area contributed by atoms with Gasteiger partial charge < -0.3 is 9.30 Å². The quantitative estimate of drug-likeness (QED) is 0.782. The zero-order valence-corrected chi connectivity index (χ0v) is 11.8. The second-order valence-electron chi connectivity index (χ2n) is 4.29. The fourth-order valence-corrected chi connectivity index (χ4v) is 2.59. The van der Waals surface area contributed by atoms with Gasteiger partial charge in [0.25, 0.3) is 0 Å². The van der Waals surface area contributed by atoms with Crippen LogP contribution in [0.2, 0.25) is 5.02 Å². The van der Waals surface area contributed by atoms with E-state index < -0.39 is 0 Å². The fraction of sp³-hybridized carbons (Fsp3) is 0.267. The van der Waals surface area contributed by atoms with E-state index in [1.807, 2.05) is 41.8 Å². The Morgan fingerprint density at radius 3 is 2.58 bits per heavy atom. The van der Waals surface area contributed by atoms with Gasteiger partial charge in [0.2, 0.25) is 0 Å². The van der Waals surface area contributed by atoms with Crippen molar-refractivity contribution >= 4 is 17.9 Å². The van der Waals surface area contributed by atoms with Crippen LogP contribution < -0.4 is 0 Å². The van der Waals surface area contributed by atoms with E-state index in [4.69, 9.17) is 16.3 Å². The number of hydrogen-bond acceptors (Lipinski definition) is 2. The number of carbonyl (C=O) groups is 1. The van der Waals surface area contributed by atoms with Crippen molar-refractivity contribution in [3.63, 3.8) is 0 Å². The average molecular weight is 278 g/mol. The topological polar surface area (TPSA) is 31.2 Å². The number of ether oxygens (including phenoxy) is 1. The number of hydrogen-bond donors (Lipinski definition) is 0. The molecule has 1 aromatic heterocycles. The van der Waals surface area contributed by atoms with Crippen LogP contribution in [-0.2, 0) is 11.3 Å². The number of rotatable bonds is 5. The first-order valence-electron chi connectivity index (χ1n) is 6.08. The minimum Gasteiger partial charge on any atom is -0.383 e. The van der Waals surface area contributed by atoms with Gasteiger partial charge in [-0.25, -0.2) is 0 Å². The molecule has 4 heteroatoms. The van der Waals surface area contributed by atoms with Crippen molar-refractivity contribution in [2.75, 3.05) is 13.7 Å². The molecular formula is C15H16ClNO2. The van der Waals surface area contributed by atoms with Crippen molar-refractivity contribution in [1.29, 1.82) is 0 Å². The van der Waals surface area contributed by atoms with Crippen LogP contribution in [0.4, 0.5) is 0 Å². The first kappa shape index (κ1) is 13.8. The summed E-state index contributed by atoms with van der Waals surface area (Å²) in [6.45, 7) is 3.14. The predicted molar refractivity (Wildman–Crippen MR) is 76.9 cm³/mol. The van der Waals surface area contributed by atoms with Crippen molar-refractivity contribution in [1.82, 2.24) is 4.57 Å². The van der Waals surface area contributed by atoms with Crippen molar-refractivity contribution in [3.05, 3.63) is 46.6 Å². The summed E-state index contributed by atoms with van der Waals surface area (Å²) < 4.78 is 7.15. The zero-order chi connectivity index (χ0) is 13.8. The Kier molecular flexibility index (Phi) is 4.40. The first-order chi connectivity index (χ1) is 9.20. The molecule has 0 amide bonds. The highest BCUT2D eigenvalue weighted by Gasteiger charge is 2.19. The van der Waals surface area contributed by atoms with Gasteiger partial charge in [0, 0.05) is 19.3 Å². The van der Waals surface area contributed by atoms with Crippen molar-refractivity contribution < 1.29 is 9.53 Å². The van der Waals surface area contributed by atoms with Crippen LogP contribution in [0.5, 0.6) is 0 Å². The summed E-state index contributed by atoms with van der Waals surface area (Å²) in [5.74, 6) is 0. The molecule has 0 unspecified atom stereocenters. The zero-order valence-electron chi connectivity index (χ0n) is 11.0. The number of aldehydes is 1. The molecule has 19 heavy (non-hydrogen) atoms. The van der Waals surface area contributed by atoms with Gasteiger partial charge in [-0.15, -0.1) is 0 Å². The van der Waals surface area contributed by atoms with Crippen LogP contribution in [0.1, 0.15) is 16.1 Å². The third kappa shape index (κ3) is 2.57. The lowest BCUT2D eigenvalue weighted by Gasteiger charge is -2.11. The number of aromatic nitrogens is 1. The van der Waals surface area contributed by atoms with Crippen molar-refractivity contribution in [2.24, 2.45) is 0 Å². The largest absolute Gasteiger partial charge is 0.383 e. The van der Waals surface area contributed by atoms with Crippen molar-refractivity contribution in [3.8, 4) is 11.3 Å². The van der Waals surface area contributed by atoms with E-state index in [2.05, 4.69) is 0 Å².